The topological polar surface area (TPSA) is 95.6 Å². The molecule has 0 aliphatic carbocycles. The van der Waals surface area contributed by atoms with Crippen LogP contribution in [0.1, 0.15) is 29.8 Å². The maximum Gasteiger partial charge on any atom is 0.261 e. The molecule has 3 aromatic carbocycles. The molecular formula is C24H25N3O4S. The fraction of sp³-hybridized carbons (Fsp3) is 0.167. The van der Waals surface area contributed by atoms with Gasteiger partial charge in [0, 0.05) is 37.0 Å². The first-order valence-electron chi connectivity index (χ1n) is 10.1. The third-order valence-corrected chi connectivity index (χ3v) is 6.21. The number of hydrogen-bond acceptors (Lipinski definition) is 4. The van der Waals surface area contributed by atoms with Crippen molar-refractivity contribution in [3.8, 4) is 0 Å². The van der Waals surface area contributed by atoms with Crippen LogP contribution in [0.25, 0.3) is 0 Å². The van der Waals surface area contributed by atoms with E-state index in [2.05, 4.69) is 10.0 Å². The molecule has 0 saturated heterocycles. The molecule has 0 bridgehead atoms. The minimum atomic E-state index is -3.76. The van der Waals surface area contributed by atoms with E-state index in [0.29, 0.717) is 24.3 Å². The monoisotopic (exact) mass is 451 g/mol. The van der Waals surface area contributed by atoms with Gasteiger partial charge in [-0.2, -0.15) is 0 Å². The predicted molar refractivity (Wildman–Crippen MR) is 125 cm³/mol. The number of rotatable bonds is 8. The van der Waals surface area contributed by atoms with E-state index >= 15 is 0 Å². The normalized spacial score (nSPS) is 10.9. The first-order valence-corrected chi connectivity index (χ1v) is 11.6. The van der Waals surface area contributed by atoms with Gasteiger partial charge in [0.1, 0.15) is 0 Å². The van der Waals surface area contributed by atoms with Crippen LogP contribution in [0, 0.1) is 0 Å². The molecule has 0 heterocycles. The minimum Gasteiger partial charge on any atom is -0.339 e. The van der Waals surface area contributed by atoms with Crippen LogP contribution in [0.4, 0.5) is 11.4 Å². The summed E-state index contributed by atoms with van der Waals surface area (Å²) in [6.07, 6.45) is 0. The summed E-state index contributed by atoms with van der Waals surface area (Å²) in [6, 6.07) is 21.6. The lowest BCUT2D eigenvalue weighted by atomic mass is 10.1. The predicted octanol–water partition coefficient (Wildman–Crippen LogP) is 4.11. The number of nitrogens with zero attached hydrogens (tertiary/aromatic N) is 1. The highest BCUT2D eigenvalue weighted by atomic mass is 32.2. The third-order valence-electron chi connectivity index (χ3n) is 4.82. The Labute approximate surface area is 188 Å². The zero-order chi connectivity index (χ0) is 23.1. The quantitative estimate of drug-likeness (QED) is 0.539. The van der Waals surface area contributed by atoms with Crippen molar-refractivity contribution in [1.29, 1.82) is 0 Å². The number of amides is 2. The molecule has 0 aromatic heterocycles. The Morgan fingerprint density at radius 1 is 0.875 bits per heavy atom. The highest BCUT2D eigenvalue weighted by Gasteiger charge is 2.15. The van der Waals surface area contributed by atoms with Crippen LogP contribution in [-0.2, 0) is 21.4 Å². The Balaban J connectivity index is 1.73. The summed E-state index contributed by atoms with van der Waals surface area (Å²) in [5.41, 5.74) is 2.07. The fourth-order valence-corrected chi connectivity index (χ4v) is 4.23. The molecule has 0 aliphatic rings. The van der Waals surface area contributed by atoms with Gasteiger partial charge in [0.2, 0.25) is 5.91 Å². The van der Waals surface area contributed by atoms with E-state index in [1.54, 1.807) is 47.4 Å². The number of carbonyl (C=O) groups is 2. The van der Waals surface area contributed by atoms with Crippen molar-refractivity contribution in [2.24, 2.45) is 0 Å². The number of nitrogens with one attached hydrogen (secondary N) is 2. The van der Waals surface area contributed by atoms with Crippen molar-refractivity contribution in [3.63, 3.8) is 0 Å². The van der Waals surface area contributed by atoms with Crippen molar-refractivity contribution < 1.29 is 18.0 Å². The second-order valence-electron chi connectivity index (χ2n) is 7.19. The molecule has 0 fully saturated rings. The lowest BCUT2D eigenvalue weighted by Crippen LogP contribution is -2.27. The van der Waals surface area contributed by atoms with Gasteiger partial charge in [-0.1, -0.05) is 36.4 Å². The molecule has 0 radical (unpaired) electrons. The summed E-state index contributed by atoms with van der Waals surface area (Å²) >= 11 is 0. The number of sulfonamides is 1. The summed E-state index contributed by atoms with van der Waals surface area (Å²) in [5.74, 6) is -0.390. The summed E-state index contributed by atoms with van der Waals surface area (Å²) in [6.45, 7) is 4.48. The molecule has 0 atom stereocenters. The molecule has 7 nitrogen and oxygen atoms in total. The van der Waals surface area contributed by atoms with Gasteiger partial charge in [0.25, 0.3) is 15.9 Å². The van der Waals surface area contributed by atoms with Crippen LogP contribution in [0.5, 0.6) is 0 Å². The second kappa shape index (κ2) is 10.1. The van der Waals surface area contributed by atoms with E-state index in [4.69, 9.17) is 0 Å². The molecular weight excluding hydrogens is 426 g/mol. The van der Waals surface area contributed by atoms with Crippen LogP contribution < -0.4 is 10.0 Å². The van der Waals surface area contributed by atoms with Gasteiger partial charge in [-0.3, -0.25) is 14.3 Å². The van der Waals surface area contributed by atoms with E-state index in [0.717, 1.165) is 5.56 Å². The molecule has 8 heteroatoms. The molecule has 0 unspecified atom stereocenters. The Bertz CT molecular complexity index is 1210. The van der Waals surface area contributed by atoms with E-state index in [1.165, 1.54) is 25.1 Å². The first-order chi connectivity index (χ1) is 15.3. The van der Waals surface area contributed by atoms with Crippen LogP contribution in [0.2, 0.25) is 0 Å². The van der Waals surface area contributed by atoms with Gasteiger partial charge in [-0.15, -0.1) is 0 Å². The Kier molecular flexibility index (Phi) is 7.27. The van der Waals surface area contributed by atoms with Crippen molar-refractivity contribution in [1.82, 2.24) is 4.90 Å². The maximum atomic E-state index is 12.7. The second-order valence-corrected chi connectivity index (χ2v) is 8.87. The van der Waals surface area contributed by atoms with Gasteiger partial charge in [0.05, 0.1) is 4.90 Å². The molecule has 0 saturated carbocycles. The van der Waals surface area contributed by atoms with Gasteiger partial charge < -0.3 is 10.2 Å². The van der Waals surface area contributed by atoms with Crippen LogP contribution in [0.3, 0.4) is 0 Å². The largest absolute Gasteiger partial charge is 0.339 e. The summed E-state index contributed by atoms with van der Waals surface area (Å²) in [4.78, 5) is 26.2. The smallest absolute Gasteiger partial charge is 0.261 e. The minimum absolute atomic E-state index is 0.0169. The third kappa shape index (κ3) is 5.95. The Morgan fingerprint density at radius 3 is 2.25 bits per heavy atom. The molecule has 0 aliphatic heterocycles. The number of carbonyl (C=O) groups excluding carboxylic acids is 2. The van der Waals surface area contributed by atoms with E-state index < -0.39 is 10.0 Å². The van der Waals surface area contributed by atoms with Gasteiger partial charge in [-0.25, -0.2) is 8.42 Å². The molecule has 0 spiro atoms. The molecule has 2 N–H and O–H groups in total. The average Bonchev–Trinajstić information content (AvgIpc) is 2.78. The summed E-state index contributed by atoms with van der Waals surface area (Å²) in [7, 11) is -3.76. The molecule has 166 valence electrons. The Hall–Kier alpha value is -3.65. The van der Waals surface area contributed by atoms with E-state index in [-0.39, 0.29) is 22.4 Å². The molecule has 32 heavy (non-hydrogen) atoms. The molecule has 2 amide bonds. The first kappa shape index (κ1) is 23.0. The molecule has 3 rings (SSSR count). The van der Waals surface area contributed by atoms with Crippen LogP contribution in [-0.4, -0.2) is 31.7 Å². The highest BCUT2D eigenvalue weighted by Crippen LogP contribution is 2.19. The number of anilines is 2. The van der Waals surface area contributed by atoms with Gasteiger partial charge in [0.15, 0.2) is 0 Å². The SMILES string of the molecule is CCN(Cc1cccc(NC(=O)c2cccc(NS(=O)(=O)c3ccccc3)c2)c1)C(C)=O. The van der Waals surface area contributed by atoms with E-state index in [1.807, 2.05) is 25.1 Å². The lowest BCUT2D eigenvalue weighted by molar-refractivity contribution is -0.129. The fourth-order valence-electron chi connectivity index (χ4n) is 3.15. The number of hydrogen-bond donors (Lipinski definition) is 2. The lowest BCUT2D eigenvalue weighted by Gasteiger charge is -2.19. The zero-order valence-corrected chi connectivity index (χ0v) is 18.7. The average molecular weight is 452 g/mol. The Morgan fingerprint density at radius 2 is 1.56 bits per heavy atom. The zero-order valence-electron chi connectivity index (χ0n) is 17.9. The van der Waals surface area contributed by atoms with Crippen LogP contribution in [0.15, 0.2) is 83.8 Å². The van der Waals surface area contributed by atoms with Crippen molar-refractivity contribution in [2.75, 3.05) is 16.6 Å². The standard InChI is InChI=1S/C24H25N3O4S/c1-3-27(18(2)28)17-19-9-7-11-21(15-19)25-24(29)20-10-8-12-22(16-20)26-32(30,31)23-13-5-4-6-14-23/h4-16,26H,3,17H2,1-2H3,(H,25,29). The van der Waals surface area contributed by atoms with Crippen LogP contribution >= 0.6 is 0 Å². The maximum absolute atomic E-state index is 12.7. The highest BCUT2D eigenvalue weighted by molar-refractivity contribution is 7.92. The van der Waals surface area contributed by atoms with Gasteiger partial charge in [-0.05, 0) is 55.0 Å². The summed E-state index contributed by atoms with van der Waals surface area (Å²) < 4.78 is 27.6. The van der Waals surface area contributed by atoms with Crippen molar-refractivity contribution in [2.45, 2.75) is 25.3 Å². The molecule has 3 aromatic rings. The number of benzene rings is 3. The summed E-state index contributed by atoms with van der Waals surface area (Å²) in [5, 5.41) is 2.82. The van der Waals surface area contributed by atoms with Gasteiger partial charge >= 0.3 is 0 Å². The van der Waals surface area contributed by atoms with Crippen molar-refractivity contribution in [3.05, 3.63) is 90.0 Å². The van der Waals surface area contributed by atoms with E-state index in [9.17, 15) is 18.0 Å². The van der Waals surface area contributed by atoms with Crippen molar-refractivity contribution >= 4 is 33.2 Å².